The third-order valence-corrected chi connectivity index (χ3v) is 1.48. The van der Waals surface area contributed by atoms with Crippen molar-refractivity contribution in [2.45, 2.75) is 6.92 Å². The molecule has 0 heterocycles. The summed E-state index contributed by atoms with van der Waals surface area (Å²) in [5.74, 6) is -0.676. The number of nitrogen functional groups attached to an aromatic ring is 1. The highest BCUT2D eigenvalue weighted by Crippen LogP contribution is 2.03. The lowest BCUT2D eigenvalue weighted by Gasteiger charge is -1.93. The number of hydrogen-bond acceptors (Lipinski definition) is 4. The molecule has 1 aromatic carbocycles. The first-order valence-electron chi connectivity index (χ1n) is 4.17. The summed E-state index contributed by atoms with van der Waals surface area (Å²) in [5, 5.41) is 0. The minimum atomic E-state index is -0.431. The van der Waals surface area contributed by atoms with Gasteiger partial charge in [-0.15, -0.1) is 0 Å². The molecule has 0 saturated heterocycles. The molecule has 15 heavy (non-hydrogen) atoms. The zero-order valence-corrected chi connectivity index (χ0v) is 8.69. The Morgan fingerprint density at radius 3 is 1.87 bits per heavy atom. The van der Waals surface area contributed by atoms with E-state index in [0.29, 0.717) is 11.3 Å². The molecule has 0 aliphatic carbocycles. The number of amides is 1. The molecule has 0 aliphatic heterocycles. The SMILES string of the molecule is COC(C)=O.NC(=O)c1ccc(N)cc1. The number of benzene rings is 1. The van der Waals surface area contributed by atoms with Crippen molar-refractivity contribution in [3.63, 3.8) is 0 Å². The van der Waals surface area contributed by atoms with Crippen molar-refractivity contribution in [1.29, 1.82) is 0 Å². The van der Waals surface area contributed by atoms with E-state index in [0.717, 1.165) is 0 Å². The second-order valence-corrected chi connectivity index (χ2v) is 2.68. The van der Waals surface area contributed by atoms with Gasteiger partial charge in [-0.25, -0.2) is 0 Å². The maximum atomic E-state index is 10.5. The van der Waals surface area contributed by atoms with Crippen LogP contribution in [0.25, 0.3) is 0 Å². The maximum absolute atomic E-state index is 10.5. The maximum Gasteiger partial charge on any atom is 0.302 e. The minimum absolute atomic E-state index is 0.245. The molecule has 4 N–H and O–H groups in total. The topological polar surface area (TPSA) is 95.4 Å². The first kappa shape index (κ1) is 13.0. The van der Waals surface area contributed by atoms with Crippen molar-refractivity contribution in [2.24, 2.45) is 5.73 Å². The molecule has 82 valence electrons. The highest BCUT2D eigenvalue weighted by Gasteiger charge is 1.96. The second kappa shape index (κ2) is 6.42. The van der Waals surface area contributed by atoms with Crippen LogP contribution in [0.5, 0.6) is 0 Å². The number of nitrogens with two attached hydrogens (primary N) is 2. The Hall–Kier alpha value is -2.04. The largest absolute Gasteiger partial charge is 0.469 e. The van der Waals surface area contributed by atoms with Crippen LogP contribution in [-0.2, 0) is 9.53 Å². The summed E-state index contributed by atoms with van der Waals surface area (Å²) in [6, 6.07) is 6.47. The lowest BCUT2D eigenvalue weighted by molar-refractivity contribution is -0.137. The molecule has 5 nitrogen and oxygen atoms in total. The molecule has 0 aliphatic rings. The Kier molecular flexibility index (Phi) is 5.55. The van der Waals surface area contributed by atoms with E-state index in [1.807, 2.05) is 0 Å². The lowest BCUT2D eigenvalue weighted by atomic mass is 10.2. The summed E-state index contributed by atoms with van der Waals surface area (Å²) in [6.07, 6.45) is 0. The molecule has 0 unspecified atom stereocenters. The van der Waals surface area contributed by atoms with Gasteiger partial charge >= 0.3 is 5.97 Å². The molecule has 0 fully saturated rings. The normalized spacial score (nSPS) is 8.40. The molecule has 1 amide bonds. The average molecular weight is 210 g/mol. The number of rotatable bonds is 1. The highest BCUT2D eigenvalue weighted by molar-refractivity contribution is 5.92. The number of primary amides is 1. The van der Waals surface area contributed by atoms with Gasteiger partial charge in [0.1, 0.15) is 0 Å². The van der Waals surface area contributed by atoms with E-state index in [-0.39, 0.29) is 5.97 Å². The van der Waals surface area contributed by atoms with E-state index >= 15 is 0 Å². The van der Waals surface area contributed by atoms with Gasteiger partial charge in [-0.3, -0.25) is 9.59 Å². The fourth-order valence-corrected chi connectivity index (χ4v) is 0.647. The quantitative estimate of drug-likeness (QED) is 0.522. The fraction of sp³-hybridized carbons (Fsp3) is 0.200. The number of methoxy groups -OCH3 is 1. The first-order chi connectivity index (χ1) is 6.97. The molecule has 0 saturated carbocycles. The number of carbonyl (C=O) groups is 2. The van der Waals surface area contributed by atoms with Gasteiger partial charge in [0.05, 0.1) is 7.11 Å². The average Bonchev–Trinajstić information content (AvgIpc) is 2.19. The molecular formula is C10H14N2O3. The highest BCUT2D eigenvalue weighted by atomic mass is 16.5. The Morgan fingerprint density at radius 2 is 1.60 bits per heavy atom. The number of carbonyl (C=O) groups excluding carboxylic acids is 2. The van der Waals surface area contributed by atoms with E-state index in [4.69, 9.17) is 11.5 Å². The lowest BCUT2D eigenvalue weighted by Crippen LogP contribution is -2.10. The summed E-state index contributed by atoms with van der Waals surface area (Å²) < 4.78 is 4.11. The predicted molar refractivity (Wildman–Crippen MR) is 57.1 cm³/mol. The third kappa shape index (κ3) is 6.09. The Labute approximate surface area is 88.0 Å². The predicted octanol–water partition coefficient (Wildman–Crippen LogP) is 0.547. The van der Waals surface area contributed by atoms with Crippen molar-refractivity contribution in [3.8, 4) is 0 Å². The van der Waals surface area contributed by atoms with Crippen LogP contribution >= 0.6 is 0 Å². The van der Waals surface area contributed by atoms with Gasteiger partial charge < -0.3 is 16.2 Å². The van der Waals surface area contributed by atoms with Gasteiger partial charge in [0.25, 0.3) is 0 Å². The minimum Gasteiger partial charge on any atom is -0.469 e. The van der Waals surface area contributed by atoms with E-state index in [2.05, 4.69) is 4.74 Å². The van der Waals surface area contributed by atoms with Crippen LogP contribution in [0.3, 0.4) is 0 Å². The molecular weight excluding hydrogens is 196 g/mol. The van der Waals surface area contributed by atoms with Crippen LogP contribution in [0, 0.1) is 0 Å². The van der Waals surface area contributed by atoms with Crippen LogP contribution in [-0.4, -0.2) is 19.0 Å². The fourth-order valence-electron chi connectivity index (χ4n) is 0.647. The van der Waals surface area contributed by atoms with E-state index in [9.17, 15) is 9.59 Å². The van der Waals surface area contributed by atoms with Gasteiger partial charge in [0, 0.05) is 18.2 Å². The smallest absolute Gasteiger partial charge is 0.302 e. The van der Waals surface area contributed by atoms with E-state index < -0.39 is 5.91 Å². The molecule has 1 aromatic rings. The van der Waals surface area contributed by atoms with E-state index in [1.165, 1.54) is 14.0 Å². The van der Waals surface area contributed by atoms with Crippen molar-refractivity contribution in [2.75, 3.05) is 12.8 Å². The zero-order chi connectivity index (χ0) is 11.8. The van der Waals surface area contributed by atoms with Gasteiger partial charge in [0.2, 0.25) is 5.91 Å². The van der Waals surface area contributed by atoms with Crippen molar-refractivity contribution in [1.82, 2.24) is 0 Å². The monoisotopic (exact) mass is 210 g/mol. The molecule has 0 atom stereocenters. The summed E-state index contributed by atoms with van der Waals surface area (Å²) >= 11 is 0. The number of esters is 1. The zero-order valence-electron chi connectivity index (χ0n) is 8.69. The number of anilines is 1. The molecule has 0 bridgehead atoms. The van der Waals surface area contributed by atoms with Gasteiger partial charge in [-0.05, 0) is 24.3 Å². The Morgan fingerprint density at radius 1 is 1.20 bits per heavy atom. The number of ether oxygens (including phenoxy) is 1. The van der Waals surface area contributed by atoms with Crippen LogP contribution in [0.15, 0.2) is 24.3 Å². The second-order valence-electron chi connectivity index (χ2n) is 2.68. The summed E-state index contributed by atoms with van der Waals surface area (Å²) in [6.45, 7) is 1.36. The van der Waals surface area contributed by atoms with Crippen molar-refractivity contribution >= 4 is 17.6 Å². The summed E-state index contributed by atoms with van der Waals surface area (Å²) in [4.78, 5) is 20.1. The van der Waals surface area contributed by atoms with Gasteiger partial charge in [-0.1, -0.05) is 0 Å². The molecule has 0 radical (unpaired) electrons. The van der Waals surface area contributed by atoms with Gasteiger partial charge in [0.15, 0.2) is 0 Å². The van der Waals surface area contributed by atoms with E-state index in [1.54, 1.807) is 24.3 Å². The third-order valence-electron chi connectivity index (χ3n) is 1.48. The Balaban J connectivity index is 0.000000336. The number of hydrogen-bond donors (Lipinski definition) is 2. The van der Waals surface area contributed by atoms with Crippen LogP contribution in [0.1, 0.15) is 17.3 Å². The summed E-state index contributed by atoms with van der Waals surface area (Å²) in [5.41, 5.74) is 11.5. The molecule has 1 rings (SSSR count). The summed E-state index contributed by atoms with van der Waals surface area (Å²) in [7, 11) is 1.35. The van der Waals surface area contributed by atoms with Gasteiger partial charge in [-0.2, -0.15) is 0 Å². The molecule has 5 heteroatoms. The van der Waals surface area contributed by atoms with Crippen LogP contribution in [0.4, 0.5) is 5.69 Å². The Bertz CT molecular complexity index is 333. The van der Waals surface area contributed by atoms with Crippen molar-refractivity contribution < 1.29 is 14.3 Å². The molecule has 0 aromatic heterocycles. The van der Waals surface area contributed by atoms with Crippen LogP contribution < -0.4 is 11.5 Å². The standard InChI is InChI=1S/C7H8N2O.C3H6O2/c8-6-3-1-5(2-4-6)7(9)10;1-3(4)5-2/h1-4H,8H2,(H2,9,10);1-2H3. The van der Waals surface area contributed by atoms with Crippen LogP contribution in [0.2, 0.25) is 0 Å². The molecule has 0 spiro atoms. The van der Waals surface area contributed by atoms with Crippen molar-refractivity contribution in [3.05, 3.63) is 29.8 Å². The first-order valence-corrected chi connectivity index (χ1v) is 4.17.